The molecule has 4 nitrogen and oxygen atoms in total. The second-order valence-corrected chi connectivity index (χ2v) is 5.95. The second-order valence-electron chi connectivity index (χ2n) is 5.95. The molecule has 1 aliphatic rings. The molecule has 0 bridgehead atoms. The number of aromatic nitrogens is 2. The van der Waals surface area contributed by atoms with Gasteiger partial charge in [0.05, 0.1) is 35.1 Å². The summed E-state index contributed by atoms with van der Waals surface area (Å²) < 4.78 is 40.0. The largest absolute Gasteiger partial charge is 0.416 e. The summed E-state index contributed by atoms with van der Waals surface area (Å²) in [4.78, 5) is 0. The van der Waals surface area contributed by atoms with Crippen LogP contribution < -0.4 is 5.32 Å². The molecule has 0 spiro atoms. The number of nitrogens with zero attached hydrogens (tertiary/aromatic N) is 3. The number of hydrogen-bond donors (Lipinski definition) is 1. The van der Waals surface area contributed by atoms with E-state index in [2.05, 4.69) is 10.4 Å². The van der Waals surface area contributed by atoms with Gasteiger partial charge in [0, 0.05) is 6.20 Å². The van der Waals surface area contributed by atoms with Crippen LogP contribution in [0, 0.1) is 11.3 Å². The quantitative estimate of drug-likeness (QED) is 0.895. The minimum atomic E-state index is -4.45. The first-order valence-corrected chi connectivity index (χ1v) is 7.86. The Kier molecular flexibility index (Phi) is 4.47. The third-order valence-corrected chi connectivity index (χ3v) is 4.29. The number of rotatable bonds is 4. The molecule has 1 fully saturated rings. The molecule has 1 aromatic heterocycles. The summed E-state index contributed by atoms with van der Waals surface area (Å²) in [5, 5.41) is 16.6. The molecule has 0 atom stereocenters. The summed E-state index contributed by atoms with van der Waals surface area (Å²) in [5.74, 6) is 0. The van der Waals surface area contributed by atoms with Gasteiger partial charge in [0.15, 0.2) is 0 Å². The van der Waals surface area contributed by atoms with Crippen molar-refractivity contribution in [2.24, 2.45) is 0 Å². The number of anilines is 1. The van der Waals surface area contributed by atoms with E-state index in [1.54, 1.807) is 6.07 Å². The molecule has 1 aliphatic carbocycles. The number of nitrogens with one attached hydrogen (secondary N) is 1. The maximum atomic E-state index is 12.7. The number of benzene rings is 1. The van der Waals surface area contributed by atoms with Gasteiger partial charge >= 0.3 is 6.18 Å². The third-order valence-electron chi connectivity index (χ3n) is 4.29. The predicted octanol–water partition coefficient (Wildman–Crippen LogP) is 4.50. The van der Waals surface area contributed by atoms with E-state index in [-0.39, 0.29) is 5.56 Å². The predicted molar refractivity (Wildman–Crippen MR) is 83.2 cm³/mol. The fourth-order valence-corrected chi connectivity index (χ4v) is 3.00. The molecule has 0 aliphatic heterocycles. The van der Waals surface area contributed by atoms with Crippen molar-refractivity contribution < 1.29 is 13.2 Å². The van der Waals surface area contributed by atoms with Crippen molar-refractivity contribution in [2.75, 3.05) is 5.32 Å². The van der Waals surface area contributed by atoms with E-state index in [0.717, 1.165) is 30.7 Å². The normalized spacial score (nSPS) is 15.4. The molecule has 0 radical (unpaired) electrons. The number of halogens is 3. The summed E-state index contributed by atoms with van der Waals surface area (Å²) in [6.45, 7) is 0.361. The van der Waals surface area contributed by atoms with E-state index in [9.17, 15) is 13.2 Å². The molecule has 1 aromatic carbocycles. The first kappa shape index (κ1) is 16.4. The van der Waals surface area contributed by atoms with Gasteiger partial charge in [-0.25, -0.2) is 0 Å². The third kappa shape index (κ3) is 3.53. The molecule has 7 heteroatoms. The molecule has 0 amide bonds. The van der Waals surface area contributed by atoms with Crippen LogP contribution in [0.5, 0.6) is 0 Å². The smallest absolute Gasteiger partial charge is 0.378 e. The average Bonchev–Trinajstić information content (AvgIpc) is 3.22. The van der Waals surface area contributed by atoms with Crippen LogP contribution in [-0.2, 0) is 12.7 Å². The fourth-order valence-electron chi connectivity index (χ4n) is 3.00. The van der Waals surface area contributed by atoms with Gasteiger partial charge in [-0.05, 0) is 37.1 Å². The maximum absolute atomic E-state index is 12.7. The Bertz CT molecular complexity index is 752. The van der Waals surface area contributed by atoms with Crippen LogP contribution in [0.1, 0.15) is 48.5 Å². The highest BCUT2D eigenvalue weighted by molar-refractivity contribution is 5.59. The lowest BCUT2D eigenvalue weighted by atomic mass is 10.1. The van der Waals surface area contributed by atoms with E-state index in [0.29, 0.717) is 18.3 Å². The number of alkyl halides is 3. The lowest BCUT2D eigenvalue weighted by Crippen LogP contribution is -2.09. The molecule has 1 N–H and O–H groups in total. The average molecular weight is 334 g/mol. The van der Waals surface area contributed by atoms with E-state index in [1.165, 1.54) is 18.9 Å². The van der Waals surface area contributed by atoms with E-state index in [1.807, 2.05) is 16.9 Å². The first-order valence-electron chi connectivity index (χ1n) is 7.86. The van der Waals surface area contributed by atoms with Crippen molar-refractivity contribution in [1.82, 2.24) is 9.78 Å². The van der Waals surface area contributed by atoms with Gasteiger partial charge in [0.2, 0.25) is 0 Å². The molecule has 1 heterocycles. The summed E-state index contributed by atoms with van der Waals surface area (Å²) in [7, 11) is 0. The zero-order valence-corrected chi connectivity index (χ0v) is 13.0. The molecule has 0 unspecified atom stereocenters. The Balaban J connectivity index is 1.69. The zero-order chi connectivity index (χ0) is 17.2. The van der Waals surface area contributed by atoms with Crippen LogP contribution in [0.15, 0.2) is 30.5 Å². The summed E-state index contributed by atoms with van der Waals surface area (Å²) in [6.07, 6.45) is 2.18. The maximum Gasteiger partial charge on any atom is 0.416 e. The summed E-state index contributed by atoms with van der Waals surface area (Å²) in [5.41, 5.74) is 0.321. The van der Waals surface area contributed by atoms with Crippen molar-refractivity contribution in [3.63, 3.8) is 0 Å². The van der Waals surface area contributed by atoms with Gasteiger partial charge in [-0.3, -0.25) is 4.68 Å². The first-order chi connectivity index (χ1) is 11.5. The summed E-state index contributed by atoms with van der Waals surface area (Å²) in [6, 6.07) is 7.26. The SMILES string of the molecule is N#Cc1cc(C(F)(F)F)ccc1NCc1ccn(C2CCCC2)n1. The van der Waals surface area contributed by atoms with Crippen molar-refractivity contribution in [3.05, 3.63) is 47.3 Å². The topological polar surface area (TPSA) is 53.6 Å². The minimum Gasteiger partial charge on any atom is -0.378 e. The van der Waals surface area contributed by atoms with Crippen LogP contribution in [0.3, 0.4) is 0 Å². The van der Waals surface area contributed by atoms with E-state index >= 15 is 0 Å². The lowest BCUT2D eigenvalue weighted by Gasteiger charge is -2.11. The van der Waals surface area contributed by atoms with E-state index in [4.69, 9.17) is 5.26 Å². The van der Waals surface area contributed by atoms with Gasteiger partial charge < -0.3 is 5.32 Å². The summed E-state index contributed by atoms with van der Waals surface area (Å²) >= 11 is 0. The Morgan fingerprint density at radius 1 is 1.25 bits per heavy atom. The fraction of sp³-hybridized carbons (Fsp3) is 0.412. The molecular weight excluding hydrogens is 317 g/mol. The van der Waals surface area contributed by atoms with Gasteiger partial charge in [-0.2, -0.15) is 23.5 Å². The standard InChI is InChI=1S/C17H17F3N4/c18-17(19,20)13-5-6-16(12(9-13)10-21)22-11-14-7-8-24(23-14)15-3-1-2-4-15/h5-9,15,22H,1-4,11H2. The minimum absolute atomic E-state index is 0.0277. The molecular formula is C17H17F3N4. The lowest BCUT2D eigenvalue weighted by molar-refractivity contribution is -0.137. The van der Waals surface area contributed by atoms with Gasteiger partial charge in [0.1, 0.15) is 6.07 Å². The highest BCUT2D eigenvalue weighted by atomic mass is 19.4. The molecule has 3 rings (SSSR count). The van der Waals surface area contributed by atoms with Crippen LogP contribution >= 0.6 is 0 Å². The Hall–Kier alpha value is -2.49. The molecule has 2 aromatic rings. The number of nitriles is 1. The van der Waals surface area contributed by atoms with Gasteiger partial charge in [-0.1, -0.05) is 12.8 Å². The Morgan fingerprint density at radius 3 is 2.67 bits per heavy atom. The Labute approximate surface area is 137 Å². The highest BCUT2D eigenvalue weighted by Gasteiger charge is 2.31. The van der Waals surface area contributed by atoms with Crippen LogP contribution in [0.4, 0.5) is 18.9 Å². The van der Waals surface area contributed by atoms with Crippen molar-refractivity contribution in [2.45, 2.75) is 44.4 Å². The monoisotopic (exact) mass is 334 g/mol. The van der Waals surface area contributed by atoms with Gasteiger partial charge in [-0.15, -0.1) is 0 Å². The van der Waals surface area contributed by atoms with Crippen molar-refractivity contribution >= 4 is 5.69 Å². The van der Waals surface area contributed by atoms with E-state index < -0.39 is 11.7 Å². The second kappa shape index (κ2) is 6.56. The molecule has 1 saturated carbocycles. The van der Waals surface area contributed by atoms with Crippen molar-refractivity contribution in [3.8, 4) is 6.07 Å². The molecule has 24 heavy (non-hydrogen) atoms. The van der Waals surface area contributed by atoms with Crippen molar-refractivity contribution in [1.29, 1.82) is 5.26 Å². The number of hydrogen-bond acceptors (Lipinski definition) is 3. The highest BCUT2D eigenvalue weighted by Crippen LogP contribution is 2.32. The van der Waals surface area contributed by atoms with Crippen LogP contribution in [-0.4, -0.2) is 9.78 Å². The molecule has 0 saturated heterocycles. The van der Waals surface area contributed by atoms with Gasteiger partial charge in [0.25, 0.3) is 0 Å². The van der Waals surface area contributed by atoms with Crippen LogP contribution in [0.25, 0.3) is 0 Å². The Morgan fingerprint density at radius 2 is 2.00 bits per heavy atom. The zero-order valence-electron chi connectivity index (χ0n) is 13.0. The molecule has 126 valence electrons. The van der Waals surface area contributed by atoms with Crippen LogP contribution in [0.2, 0.25) is 0 Å².